The van der Waals surface area contributed by atoms with Crippen LogP contribution in [-0.4, -0.2) is 26.3 Å². The molecule has 0 bridgehead atoms. The molecule has 0 fully saturated rings. The third kappa shape index (κ3) is 3.42. The summed E-state index contributed by atoms with van der Waals surface area (Å²) in [6.07, 6.45) is 0. The number of nitriles is 1. The van der Waals surface area contributed by atoms with Crippen molar-refractivity contribution in [1.29, 1.82) is 5.26 Å². The minimum absolute atomic E-state index is 0.0186. The van der Waals surface area contributed by atoms with Crippen molar-refractivity contribution in [3.05, 3.63) is 63.9 Å². The van der Waals surface area contributed by atoms with Crippen LogP contribution >= 0.6 is 0 Å². The Morgan fingerprint density at radius 3 is 2.00 bits per heavy atom. The molecule has 0 radical (unpaired) electrons. The van der Waals surface area contributed by atoms with Gasteiger partial charge in [-0.2, -0.15) is 5.26 Å². The Morgan fingerprint density at radius 1 is 0.893 bits per heavy atom. The number of rotatable bonds is 5. The lowest BCUT2D eigenvalue weighted by atomic mass is 9.98. The van der Waals surface area contributed by atoms with Crippen molar-refractivity contribution >= 4 is 0 Å². The molecule has 0 amide bonds. The van der Waals surface area contributed by atoms with Crippen molar-refractivity contribution in [3.8, 4) is 45.7 Å². The van der Waals surface area contributed by atoms with Gasteiger partial charge in [-0.05, 0) is 36.2 Å². The number of ether oxygens (including phenoxy) is 3. The number of aryl methyl sites for hydroxylation is 1. The predicted octanol–water partition coefficient (Wildman–Crippen LogP) is 3.91. The predicted molar refractivity (Wildman–Crippen MR) is 107 cm³/mol. The summed E-state index contributed by atoms with van der Waals surface area (Å²) in [5, 5.41) is 9.55. The van der Waals surface area contributed by atoms with E-state index in [2.05, 4.69) is 4.98 Å². The van der Waals surface area contributed by atoms with E-state index in [1.807, 2.05) is 37.3 Å². The highest BCUT2D eigenvalue weighted by Crippen LogP contribution is 2.41. The lowest BCUT2D eigenvalue weighted by molar-refractivity contribution is 0.324. The summed E-state index contributed by atoms with van der Waals surface area (Å²) in [7, 11) is 4.55. The van der Waals surface area contributed by atoms with Crippen LogP contribution in [0.15, 0.2) is 47.3 Å². The molecule has 3 aromatic rings. The Hall–Kier alpha value is -3.72. The molecule has 0 saturated carbocycles. The van der Waals surface area contributed by atoms with Crippen molar-refractivity contribution in [2.24, 2.45) is 0 Å². The van der Waals surface area contributed by atoms with Gasteiger partial charge in [0.1, 0.15) is 11.6 Å². The number of hydrogen-bond acceptors (Lipinski definition) is 5. The van der Waals surface area contributed by atoms with Gasteiger partial charge in [0, 0.05) is 11.3 Å². The molecule has 1 N–H and O–H groups in total. The largest absolute Gasteiger partial charge is 0.493 e. The summed E-state index contributed by atoms with van der Waals surface area (Å²) in [5.74, 6) is 1.33. The van der Waals surface area contributed by atoms with E-state index in [-0.39, 0.29) is 5.56 Å². The number of methoxy groups -OCH3 is 3. The van der Waals surface area contributed by atoms with Gasteiger partial charge in [-0.15, -0.1) is 0 Å². The van der Waals surface area contributed by atoms with Gasteiger partial charge in [0.25, 0.3) is 5.56 Å². The highest BCUT2D eigenvalue weighted by molar-refractivity contribution is 5.78. The molecule has 0 aliphatic carbocycles. The monoisotopic (exact) mass is 376 g/mol. The SMILES string of the molecule is COc1cc(-c2cc(-c3ccc(C)cc3)[nH]c(=O)c2C#N)cc(OC)c1OC. The molecular weight excluding hydrogens is 356 g/mol. The van der Waals surface area contributed by atoms with E-state index in [0.29, 0.717) is 34.1 Å². The van der Waals surface area contributed by atoms with Crippen LogP contribution in [-0.2, 0) is 0 Å². The van der Waals surface area contributed by atoms with Gasteiger partial charge < -0.3 is 19.2 Å². The molecule has 0 spiro atoms. The smallest absolute Gasteiger partial charge is 0.266 e. The summed E-state index contributed by atoms with van der Waals surface area (Å²) in [5.41, 5.74) is 3.25. The van der Waals surface area contributed by atoms with Gasteiger partial charge in [-0.25, -0.2) is 0 Å². The maximum Gasteiger partial charge on any atom is 0.266 e. The van der Waals surface area contributed by atoms with E-state index < -0.39 is 5.56 Å². The van der Waals surface area contributed by atoms with E-state index in [0.717, 1.165) is 11.1 Å². The zero-order valence-corrected chi connectivity index (χ0v) is 16.1. The maximum atomic E-state index is 12.6. The van der Waals surface area contributed by atoms with Gasteiger partial charge in [0.15, 0.2) is 11.5 Å². The van der Waals surface area contributed by atoms with Gasteiger partial charge in [-0.1, -0.05) is 29.8 Å². The number of benzene rings is 2. The molecule has 0 atom stereocenters. The standard InChI is InChI=1S/C22H20N2O4/c1-13-5-7-14(8-6-13)18-11-16(17(12-23)22(25)24-18)15-9-19(26-2)21(28-4)20(10-15)27-3/h5-11H,1-4H3,(H,24,25). The second-order valence-corrected chi connectivity index (χ2v) is 6.19. The van der Waals surface area contributed by atoms with E-state index in [1.54, 1.807) is 18.2 Å². The average molecular weight is 376 g/mol. The number of hydrogen-bond donors (Lipinski definition) is 1. The van der Waals surface area contributed by atoms with Crippen molar-refractivity contribution in [3.63, 3.8) is 0 Å². The number of nitrogens with one attached hydrogen (secondary N) is 1. The van der Waals surface area contributed by atoms with Crippen LogP contribution in [0.5, 0.6) is 17.2 Å². The first-order valence-electron chi connectivity index (χ1n) is 8.57. The zero-order valence-electron chi connectivity index (χ0n) is 16.1. The fraction of sp³-hybridized carbons (Fsp3) is 0.182. The number of pyridine rings is 1. The van der Waals surface area contributed by atoms with Gasteiger partial charge >= 0.3 is 0 Å². The summed E-state index contributed by atoms with van der Waals surface area (Å²) in [6.45, 7) is 1.99. The Morgan fingerprint density at radius 2 is 1.50 bits per heavy atom. The zero-order chi connectivity index (χ0) is 20.3. The van der Waals surface area contributed by atoms with Crippen LogP contribution in [0.2, 0.25) is 0 Å². The molecule has 0 aliphatic heterocycles. The van der Waals surface area contributed by atoms with Gasteiger partial charge in [0.2, 0.25) is 5.75 Å². The summed E-state index contributed by atoms with van der Waals surface area (Å²) in [4.78, 5) is 15.4. The second kappa shape index (κ2) is 7.89. The van der Waals surface area contributed by atoms with Crippen molar-refractivity contribution in [1.82, 2.24) is 4.98 Å². The molecule has 6 nitrogen and oxygen atoms in total. The molecule has 1 heterocycles. The first kappa shape index (κ1) is 19.1. The Bertz CT molecular complexity index is 1080. The lowest BCUT2D eigenvalue weighted by Crippen LogP contribution is -2.12. The minimum Gasteiger partial charge on any atom is -0.493 e. The van der Waals surface area contributed by atoms with Crippen molar-refractivity contribution in [2.45, 2.75) is 6.92 Å². The molecule has 0 saturated heterocycles. The first-order chi connectivity index (χ1) is 13.5. The third-order valence-corrected chi connectivity index (χ3v) is 4.48. The minimum atomic E-state index is -0.454. The molecule has 0 aliphatic rings. The topological polar surface area (TPSA) is 84.3 Å². The van der Waals surface area contributed by atoms with Crippen molar-refractivity contribution in [2.75, 3.05) is 21.3 Å². The Balaban J connectivity index is 2.28. The van der Waals surface area contributed by atoms with E-state index in [9.17, 15) is 10.1 Å². The molecule has 142 valence electrons. The molecule has 0 unspecified atom stereocenters. The van der Waals surface area contributed by atoms with E-state index in [4.69, 9.17) is 14.2 Å². The third-order valence-electron chi connectivity index (χ3n) is 4.48. The van der Waals surface area contributed by atoms with Crippen LogP contribution in [0.3, 0.4) is 0 Å². The quantitative estimate of drug-likeness (QED) is 0.730. The number of aromatic nitrogens is 1. The Labute approximate surface area is 162 Å². The summed E-state index contributed by atoms with van der Waals surface area (Å²) in [6, 6.07) is 15.0. The van der Waals surface area contributed by atoms with Crippen LogP contribution < -0.4 is 19.8 Å². The summed E-state index contributed by atoms with van der Waals surface area (Å²) < 4.78 is 16.1. The Kier molecular flexibility index (Phi) is 5.37. The molecular formula is C22H20N2O4. The molecule has 28 heavy (non-hydrogen) atoms. The highest BCUT2D eigenvalue weighted by Gasteiger charge is 2.18. The molecule has 2 aromatic carbocycles. The number of aromatic amines is 1. The molecule has 6 heteroatoms. The summed E-state index contributed by atoms with van der Waals surface area (Å²) >= 11 is 0. The van der Waals surface area contributed by atoms with E-state index >= 15 is 0 Å². The normalized spacial score (nSPS) is 10.2. The van der Waals surface area contributed by atoms with E-state index in [1.165, 1.54) is 21.3 Å². The number of nitrogens with zero attached hydrogens (tertiary/aromatic N) is 1. The fourth-order valence-electron chi connectivity index (χ4n) is 3.02. The highest BCUT2D eigenvalue weighted by atomic mass is 16.5. The lowest BCUT2D eigenvalue weighted by Gasteiger charge is -2.15. The van der Waals surface area contributed by atoms with Crippen LogP contribution in [0, 0.1) is 18.3 Å². The first-order valence-corrected chi connectivity index (χ1v) is 8.57. The molecule has 3 rings (SSSR count). The fourth-order valence-corrected chi connectivity index (χ4v) is 3.02. The van der Waals surface area contributed by atoms with Crippen molar-refractivity contribution < 1.29 is 14.2 Å². The van der Waals surface area contributed by atoms with Gasteiger partial charge in [0.05, 0.1) is 21.3 Å². The number of H-pyrrole nitrogens is 1. The van der Waals surface area contributed by atoms with Crippen LogP contribution in [0.25, 0.3) is 22.4 Å². The molecule has 1 aromatic heterocycles. The average Bonchev–Trinajstić information content (AvgIpc) is 2.72. The van der Waals surface area contributed by atoms with Gasteiger partial charge in [-0.3, -0.25) is 4.79 Å². The second-order valence-electron chi connectivity index (χ2n) is 6.19. The van der Waals surface area contributed by atoms with Crippen LogP contribution in [0.1, 0.15) is 11.1 Å². The van der Waals surface area contributed by atoms with Crippen LogP contribution in [0.4, 0.5) is 0 Å². The maximum absolute atomic E-state index is 12.6.